The first-order chi connectivity index (χ1) is 8.31. The van der Waals surface area contributed by atoms with Crippen molar-refractivity contribution in [2.75, 3.05) is 0 Å². The molecule has 1 amide bonds. The molecule has 18 heavy (non-hydrogen) atoms. The molecule has 0 aromatic carbocycles. The maximum atomic E-state index is 11.9. The molecule has 0 radical (unpaired) electrons. The number of sulfonamides is 1. The summed E-state index contributed by atoms with van der Waals surface area (Å²) in [5, 5.41) is 1.88. The molecule has 8 heteroatoms. The van der Waals surface area contributed by atoms with Gasteiger partial charge in [-0.05, 0) is 13.0 Å². The predicted octanol–water partition coefficient (Wildman–Crippen LogP) is 2.08. The highest BCUT2D eigenvalue weighted by atomic mass is 35.5. The minimum atomic E-state index is -3.89. The summed E-state index contributed by atoms with van der Waals surface area (Å²) in [5.74, 6) is -0.645. The summed E-state index contributed by atoms with van der Waals surface area (Å²) >= 11 is 7.20. The number of fused-ring (bicyclic) bond motifs is 1. The molecule has 0 unspecified atom stereocenters. The van der Waals surface area contributed by atoms with Crippen LogP contribution in [-0.4, -0.2) is 19.3 Å². The minimum Gasteiger partial charge on any atom is -0.274 e. The molecule has 0 bridgehead atoms. The molecular formula is C10H9ClN2O3S2. The fourth-order valence-electron chi connectivity index (χ4n) is 1.50. The maximum Gasteiger partial charge on any atom is 0.267 e. The number of nitrogens with one attached hydrogen (secondary N) is 1. The first-order valence-corrected chi connectivity index (χ1v) is 7.63. The number of aryl methyl sites for hydroxylation is 1. The van der Waals surface area contributed by atoms with E-state index < -0.39 is 15.9 Å². The highest BCUT2D eigenvalue weighted by Gasteiger charge is 2.22. The molecule has 5 nitrogen and oxygen atoms in total. The second-order valence-electron chi connectivity index (χ2n) is 3.68. The van der Waals surface area contributed by atoms with Crippen molar-refractivity contribution in [3.05, 3.63) is 22.2 Å². The third-order valence-corrected chi connectivity index (χ3v) is 5.15. The Morgan fingerprint density at radius 3 is 2.78 bits per heavy atom. The Kier molecular flexibility index (Phi) is 3.31. The van der Waals surface area contributed by atoms with Crippen molar-refractivity contribution >= 4 is 49.1 Å². The number of carbonyl (C=O) groups is 1. The van der Waals surface area contributed by atoms with Crippen LogP contribution in [0.2, 0.25) is 5.02 Å². The second-order valence-corrected chi connectivity index (χ2v) is 6.62. The van der Waals surface area contributed by atoms with Crippen LogP contribution in [0.4, 0.5) is 0 Å². The maximum absolute atomic E-state index is 11.9. The van der Waals surface area contributed by atoms with E-state index in [-0.39, 0.29) is 4.90 Å². The minimum absolute atomic E-state index is 0.0247. The third-order valence-electron chi connectivity index (χ3n) is 2.14. The van der Waals surface area contributed by atoms with Gasteiger partial charge in [0.1, 0.15) is 10.4 Å². The zero-order valence-electron chi connectivity index (χ0n) is 9.52. The summed E-state index contributed by atoms with van der Waals surface area (Å²) < 4.78 is 26.4. The van der Waals surface area contributed by atoms with Gasteiger partial charge in [0.15, 0.2) is 0 Å². The van der Waals surface area contributed by atoms with Gasteiger partial charge in [-0.25, -0.2) is 13.1 Å². The molecule has 1 N–H and O–H groups in total. The highest BCUT2D eigenvalue weighted by molar-refractivity contribution is 7.90. The van der Waals surface area contributed by atoms with Gasteiger partial charge >= 0.3 is 0 Å². The monoisotopic (exact) mass is 304 g/mol. The predicted molar refractivity (Wildman–Crippen MR) is 70.4 cm³/mol. The molecule has 0 spiro atoms. The number of halogens is 1. The Bertz CT molecular complexity index is 737. The molecule has 2 heterocycles. The molecule has 2 aromatic rings. The van der Waals surface area contributed by atoms with E-state index in [1.165, 1.54) is 16.7 Å². The molecule has 0 atom stereocenters. The molecule has 0 aliphatic carbocycles. The third kappa shape index (κ3) is 2.33. The van der Waals surface area contributed by atoms with E-state index in [0.717, 1.165) is 6.92 Å². The van der Waals surface area contributed by atoms with Crippen molar-refractivity contribution in [2.24, 2.45) is 0 Å². The number of hydrogen-bond donors (Lipinski definition) is 1. The first-order valence-electron chi connectivity index (χ1n) is 4.89. The molecule has 0 fully saturated rings. The number of aromatic nitrogens is 1. The van der Waals surface area contributed by atoms with Crippen molar-refractivity contribution in [3.63, 3.8) is 0 Å². The van der Waals surface area contributed by atoms with Crippen LogP contribution in [0, 0.1) is 6.92 Å². The Morgan fingerprint density at radius 2 is 2.17 bits per heavy atom. The summed E-state index contributed by atoms with van der Waals surface area (Å²) in [6.45, 7) is 2.86. The summed E-state index contributed by atoms with van der Waals surface area (Å²) in [7, 11) is -3.89. The van der Waals surface area contributed by atoms with Crippen LogP contribution in [0.3, 0.4) is 0 Å². The van der Waals surface area contributed by atoms with Crippen molar-refractivity contribution in [3.8, 4) is 0 Å². The topological polar surface area (TPSA) is 76.1 Å². The van der Waals surface area contributed by atoms with Gasteiger partial charge < -0.3 is 0 Å². The van der Waals surface area contributed by atoms with Crippen molar-refractivity contribution in [1.29, 1.82) is 0 Å². The van der Waals surface area contributed by atoms with E-state index in [4.69, 9.17) is 11.6 Å². The average Bonchev–Trinajstić information content (AvgIpc) is 2.59. The summed E-state index contributed by atoms with van der Waals surface area (Å²) in [6, 6.07) is 1.66. The standard InChI is InChI=1S/C10H9ClN2O3S2/c1-5-3-7(11)10-9(12-5)8(4-17-10)18(15,16)13-6(2)14/h3-4H,1-2H3,(H,13,14). The van der Waals surface area contributed by atoms with E-state index in [9.17, 15) is 13.2 Å². The lowest BCUT2D eigenvalue weighted by atomic mass is 10.3. The van der Waals surface area contributed by atoms with Crippen LogP contribution in [0.1, 0.15) is 12.6 Å². The van der Waals surface area contributed by atoms with Gasteiger partial charge in [-0.1, -0.05) is 11.6 Å². The number of amides is 1. The Morgan fingerprint density at radius 1 is 1.50 bits per heavy atom. The lowest BCUT2D eigenvalue weighted by Crippen LogP contribution is -2.28. The Hall–Kier alpha value is -1.18. The molecule has 96 valence electrons. The number of thiophene rings is 1. The van der Waals surface area contributed by atoms with Gasteiger partial charge in [-0.15, -0.1) is 11.3 Å². The van der Waals surface area contributed by atoms with Crippen LogP contribution >= 0.6 is 22.9 Å². The smallest absolute Gasteiger partial charge is 0.267 e. The fourth-order valence-corrected chi connectivity index (χ4v) is 4.27. The van der Waals surface area contributed by atoms with Crippen molar-refractivity contribution in [2.45, 2.75) is 18.7 Å². The summed E-state index contributed by atoms with van der Waals surface area (Å²) in [6.07, 6.45) is 0. The number of hydrogen-bond acceptors (Lipinski definition) is 5. The van der Waals surface area contributed by atoms with Crippen LogP contribution < -0.4 is 4.72 Å². The van der Waals surface area contributed by atoms with Crippen LogP contribution in [0.5, 0.6) is 0 Å². The molecule has 0 saturated heterocycles. The van der Waals surface area contributed by atoms with E-state index in [0.29, 0.717) is 20.9 Å². The van der Waals surface area contributed by atoms with Crippen LogP contribution in [0.15, 0.2) is 16.3 Å². The molecule has 2 rings (SSSR count). The number of nitrogens with zero attached hydrogens (tertiary/aromatic N) is 1. The van der Waals surface area contributed by atoms with E-state index in [1.54, 1.807) is 13.0 Å². The molecule has 2 aromatic heterocycles. The Balaban J connectivity index is 2.70. The normalized spacial score (nSPS) is 11.7. The van der Waals surface area contributed by atoms with Crippen LogP contribution in [0.25, 0.3) is 10.2 Å². The lowest BCUT2D eigenvalue weighted by Gasteiger charge is -2.03. The highest BCUT2D eigenvalue weighted by Crippen LogP contribution is 2.33. The van der Waals surface area contributed by atoms with Gasteiger partial charge in [0, 0.05) is 18.0 Å². The van der Waals surface area contributed by atoms with Crippen molar-refractivity contribution in [1.82, 2.24) is 9.71 Å². The summed E-state index contributed by atoms with van der Waals surface area (Å²) in [4.78, 5) is 15.0. The zero-order valence-corrected chi connectivity index (χ0v) is 11.9. The van der Waals surface area contributed by atoms with Gasteiger partial charge in [0.2, 0.25) is 5.91 Å². The van der Waals surface area contributed by atoms with E-state index >= 15 is 0 Å². The quantitative estimate of drug-likeness (QED) is 0.921. The SMILES string of the molecule is CC(=O)NS(=O)(=O)c1csc2c(Cl)cc(C)nc12. The largest absolute Gasteiger partial charge is 0.274 e. The zero-order chi connectivity index (χ0) is 13.5. The molecule has 0 saturated carbocycles. The van der Waals surface area contributed by atoms with Crippen LogP contribution in [-0.2, 0) is 14.8 Å². The van der Waals surface area contributed by atoms with Crippen molar-refractivity contribution < 1.29 is 13.2 Å². The lowest BCUT2D eigenvalue weighted by molar-refractivity contribution is -0.117. The van der Waals surface area contributed by atoms with Gasteiger partial charge in [0.25, 0.3) is 10.0 Å². The molecule has 0 aliphatic heterocycles. The second kappa shape index (κ2) is 4.49. The summed E-state index contributed by atoms with van der Waals surface area (Å²) in [5.41, 5.74) is 0.906. The van der Waals surface area contributed by atoms with E-state index in [1.807, 2.05) is 4.72 Å². The molecule has 0 aliphatic rings. The number of rotatable bonds is 2. The average molecular weight is 305 g/mol. The van der Waals surface area contributed by atoms with Gasteiger partial charge in [-0.2, -0.15) is 0 Å². The number of pyridine rings is 1. The molecular weight excluding hydrogens is 296 g/mol. The first kappa shape index (κ1) is 13.3. The number of carbonyl (C=O) groups excluding carboxylic acids is 1. The Labute approximate surface area is 113 Å². The van der Waals surface area contributed by atoms with Gasteiger partial charge in [-0.3, -0.25) is 9.78 Å². The van der Waals surface area contributed by atoms with Gasteiger partial charge in [0.05, 0.1) is 9.72 Å². The fraction of sp³-hybridized carbons (Fsp3) is 0.200. The van der Waals surface area contributed by atoms with E-state index in [2.05, 4.69) is 4.98 Å².